The summed E-state index contributed by atoms with van der Waals surface area (Å²) in [6.07, 6.45) is 2.16. The van der Waals surface area contributed by atoms with Gasteiger partial charge in [0.05, 0.1) is 10.7 Å². The molecule has 1 aliphatic rings. The number of thiazole rings is 1. The van der Waals surface area contributed by atoms with Gasteiger partial charge in [-0.2, -0.15) is 0 Å². The largest absolute Gasteiger partial charge is 0.480 e. The number of carboxylic acid groups (broad SMARTS) is 1. The number of hydrogen-bond acceptors (Lipinski definition) is 4. The third kappa shape index (κ3) is 3.79. The summed E-state index contributed by atoms with van der Waals surface area (Å²) in [4.78, 5) is 28.4. The fourth-order valence-corrected chi connectivity index (χ4v) is 3.54. The Morgan fingerprint density at radius 2 is 2.04 bits per heavy atom. The number of aliphatic carboxylic acids is 1. The minimum atomic E-state index is -1.00. The van der Waals surface area contributed by atoms with Gasteiger partial charge in [0.1, 0.15) is 16.7 Å². The first-order chi connectivity index (χ1) is 11.4. The van der Waals surface area contributed by atoms with Crippen molar-refractivity contribution in [1.82, 2.24) is 10.3 Å². The van der Waals surface area contributed by atoms with Crippen molar-refractivity contribution in [1.29, 1.82) is 0 Å². The number of nitrogens with zero attached hydrogens (tertiary/aromatic N) is 1. The maximum Gasteiger partial charge on any atom is 0.326 e. The van der Waals surface area contributed by atoms with Gasteiger partial charge in [-0.05, 0) is 43.4 Å². The van der Waals surface area contributed by atoms with Gasteiger partial charge in [-0.3, -0.25) is 4.79 Å². The van der Waals surface area contributed by atoms with Crippen LogP contribution in [0.15, 0.2) is 24.3 Å². The van der Waals surface area contributed by atoms with Crippen LogP contribution in [0.3, 0.4) is 0 Å². The first kappa shape index (κ1) is 16.6. The van der Waals surface area contributed by atoms with E-state index in [0.29, 0.717) is 17.0 Å². The molecule has 1 aromatic carbocycles. The summed E-state index contributed by atoms with van der Waals surface area (Å²) < 4.78 is 12.9. The monoisotopic (exact) mass is 348 g/mol. The van der Waals surface area contributed by atoms with Crippen molar-refractivity contribution in [3.8, 4) is 0 Å². The van der Waals surface area contributed by atoms with Gasteiger partial charge in [-0.25, -0.2) is 14.2 Å². The number of rotatable bonds is 6. The van der Waals surface area contributed by atoms with Crippen molar-refractivity contribution in [2.75, 3.05) is 0 Å². The molecule has 1 amide bonds. The van der Waals surface area contributed by atoms with E-state index in [4.69, 9.17) is 0 Å². The molecule has 0 spiro atoms. The summed E-state index contributed by atoms with van der Waals surface area (Å²) in [6, 6.07) is 5.30. The van der Waals surface area contributed by atoms with E-state index in [0.717, 1.165) is 23.4 Å². The molecule has 7 heteroatoms. The summed E-state index contributed by atoms with van der Waals surface area (Å²) in [7, 11) is 0. The quantitative estimate of drug-likeness (QED) is 0.841. The second-order valence-electron chi connectivity index (χ2n) is 5.95. The van der Waals surface area contributed by atoms with Gasteiger partial charge in [-0.15, -0.1) is 11.3 Å². The van der Waals surface area contributed by atoms with Crippen molar-refractivity contribution in [3.63, 3.8) is 0 Å². The highest BCUT2D eigenvalue weighted by atomic mass is 32.1. The first-order valence-corrected chi connectivity index (χ1v) is 8.50. The van der Waals surface area contributed by atoms with Crippen molar-refractivity contribution >= 4 is 23.2 Å². The first-order valence-electron chi connectivity index (χ1n) is 7.68. The number of carbonyl (C=O) groups excluding carboxylic acids is 1. The lowest BCUT2D eigenvalue weighted by atomic mass is 10.1. The van der Waals surface area contributed by atoms with E-state index in [-0.39, 0.29) is 11.7 Å². The van der Waals surface area contributed by atoms with Crippen LogP contribution >= 0.6 is 11.3 Å². The number of aromatic nitrogens is 1. The fraction of sp³-hybridized carbons (Fsp3) is 0.353. The Labute approximate surface area is 142 Å². The lowest BCUT2D eigenvalue weighted by Gasteiger charge is -2.12. The van der Waals surface area contributed by atoms with Crippen LogP contribution in [0.5, 0.6) is 0 Å². The van der Waals surface area contributed by atoms with E-state index in [2.05, 4.69) is 10.3 Å². The number of carbonyl (C=O) groups is 2. The van der Waals surface area contributed by atoms with Crippen LogP contribution < -0.4 is 5.32 Å². The highest BCUT2D eigenvalue weighted by Crippen LogP contribution is 2.33. The molecule has 2 aromatic rings. The predicted octanol–water partition coefficient (Wildman–Crippen LogP) is 2.77. The highest BCUT2D eigenvalue weighted by molar-refractivity contribution is 7.13. The van der Waals surface area contributed by atoms with E-state index in [1.165, 1.54) is 23.5 Å². The van der Waals surface area contributed by atoms with Gasteiger partial charge in [0.25, 0.3) is 5.91 Å². The molecule has 1 unspecified atom stereocenters. The average molecular weight is 348 g/mol. The second kappa shape index (κ2) is 6.68. The summed E-state index contributed by atoms with van der Waals surface area (Å²) in [5.74, 6) is -1.67. The van der Waals surface area contributed by atoms with Gasteiger partial charge < -0.3 is 10.4 Å². The number of benzene rings is 1. The van der Waals surface area contributed by atoms with Crippen molar-refractivity contribution < 1.29 is 19.1 Å². The van der Waals surface area contributed by atoms with E-state index in [9.17, 15) is 19.1 Å². The molecule has 0 aliphatic heterocycles. The number of amides is 1. The molecule has 2 N–H and O–H groups in total. The van der Waals surface area contributed by atoms with Crippen LogP contribution in [0, 0.1) is 18.7 Å². The lowest BCUT2D eigenvalue weighted by molar-refractivity contribution is -0.139. The van der Waals surface area contributed by atoms with Crippen molar-refractivity contribution in [2.24, 2.45) is 5.92 Å². The summed E-state index contributed by atoms with van der Waals surface area (Å²) in [6.45, 7) is 1.73. The topological polar surface area (TPSA) is 79.3 Å². The molecule has 0 bridgehead atoms. The molecule has 0 radical (unpaired) electrons. The van der Waals surface area contributed by atoms with Gasteiger partial charge in [0.15, 0.2) is 0 Å². The number of aryl methyl sites for hydroxylation is 1. The van der Waals surface area contributed by atoms with Gasteiger partial charge >= 0.3 is 5.97 Å². The van der Waals surface area contributed by atoms with E-state index < -0.39 is 17.9 Å². The molecular weight excluding hydrogens is 331 g/mol. The number of halogens is 1. The molecule has 1 heterocycles. The molecule has 1 aliphatic carbocycles. The van der Waals surface area contributed by atoms with Crippen LogP contribution in [0.4, 0.5) is 4.39 Å². The van der Waals surface area contributed by atoms with Crippen LogP contribution in [-0.2, 0) is 11.2 Å². The lowest BCUT2D eigenvalue weighted by Crippen LogP contribution is -2.42. The predicted molar refractivity (Wildman–Crippen MR) is 87.7 cm³/mol. The van der Waals surface area contributed by atoms with Gasteiger partial charge in [0.2, 0.25) is 0 Å². The number of carboxylic acids is 1. The minimum absolute atomic E-state index is 0.0263. The Morgan fingerprint density at radius 1 is 1.38 bits per heavy atom. The zero-order valence-corrected chi connectivity index (χ0v) is 13.9. The summed E-state index contributed by atoms with van der Waals surface area (Å²) in [5, 5.41) is 12.6. The molecule has 1 saturated carbocycles. The van der Waals surface area contributed by atoms with Crippen LogP contribution in [0.25, 0.3) is 0 Å². The molecule has 126 valence electrons. The molecule has 24 heavy (non-hydrogen) atoms. The summed E-state index contributed by atoms with van der Waals surface area (Å²) >= 11 is 1.24. The zero-order valence-electron chi connectivity index (χ0n) is 13.1. The summed E-state index contributed by atoms with van der Waals surface area (Å²) in [5.41, 5.74) is 1.48. The average Bonchev–Trinajstić information content (AvgIpc) is 3.30. The molecule has 1 aromatic heterocycles. The standard InChI is InChI=1S/C17H17FN2O3S/c1-9-15(16(21)20-14(17(22)23)11-4-5-11)24-13(19-9)8-10-2-6-12(18)7-3-10/h2-3,6-7,11,14H,4-5,8H2,1H3,(H,20,21)(H,22,23). The SMILES string of the molecule is Cc1nc(Cc2ccc(F)cc2)sc1C(=O)NC(C(=O)O)C1CC1. The van der Waals surface area contributed by atoms with Crippen molar-refractivity contribution in [3.05, 3.63) is 51.2 Å². The molecule has 0 saturated heterocycles. The Kier molecular flexibility index (Phi) is 4.62. The zero-order chi connectivity index (χ0) is 17.3. The third-order valence-electron chi connectivity index (χ3n) is 3.96. The molecule has 5 nitrogen and oxygen atoms in total. The van der Waals surface area contributed by atoms with Crippen molar-refractivity contribution in [2.45, 2.75) is 32.2 Å². The Hall–Kier alpha value is -2.28. The van der Waals surface area contributed by atoms with Gasteiger partial charge in [0, 0.05) is 6.42 Å². The molecule has 1 atom stereocenters. The number of nitrogens with one attached hydrogen (secondary N) is 1. The van der Waals surface area contributed by atoms with E-state index in [1.807, 2.05) is 0 Å². The van der Waals surface area contributed by atoms with Crippen LogP contribution in [0.1, 0.15) is 38.8 Å². The Balaban J connectivity index is 1.72. The van der Waals surface area contributed by atoms with E-state index in [1.54, 1.807) is 19.1 Å². The minimum Gasteiger partial charge on any atom is -0.480 e. The normalized spacial score (nSPS) is 15.1. The third-order valence-corrected chi connectivity index (χ3v) is 5.12. The Morgan fingerprint density at radius 3 is 2.62 bits per heavy atom. The smallest absolute Gasteiger partial charge is 0.326 e. The highest BCUT2D eigenvalue weighted by Gasteiger charge is 2.37. The molecular formula is C17H17FN2O3S. The van der Waals surface area contributed by atoms with Crippen LogP contribution in [0.2, 0.25) is 0 Å². The van der Waals surface area contributed by atoms with Crippen LogP contribution in [-0.4, -0.2) is 28.0 Å². The number of hydrogen-bond donors (Lipinski definition) is 2. The maximum absolute atomic E-state index is 12.9. The molecule has 3 rings (SSSR count). The van der Waals surface area contributed by atoms with Gasteiger partial charge in [-0.1, -0.05) is 12.1 Å². The Bertz CT molecular complexity index is 769. The second-order valence-corrected chi connectivity index (χ2v) is 7.04. The maximum atomic E-state index is 12.9. The van der Waals surface area contributed by atoms with E-state index >= 15 is 0 Å². The molecule has 1 fully saturated rings. The fourth-order valence-electron chi connectivity index (χ4n) is 2.53.